The maximum absolute atomic E-state index is 12.3. The van der Waals surface area contributed by atoms with Crippen molar-refractivity contribution in [2.75, 3.05) is 6.54 Å². The standard InChI is InChI=1S/C15H22N2O2S/c1-11-2-3-12(6-11)8-17-20(18,19)15-5-4-13-9-16-10-14(13)7-15/h4-5,7,11-12,16-17H,2-3,6,8-10H2,1H3. The molecule has 2 unspecified atom stereocenters. The van der Waals surface area contributed by atoms with Gasteiger partial charge in [-0.05, 0) is 47.9 Å². The molecule has 2 aliphatic rings. The molecule has 1 heterocycles. The molecule has 0 aromatic heterocycles. The Balaban J connectivity index is 1.68. The topological polar surface area (TPSA) is 58.2 Å². The van der Waals surface area contributed by atoms with Crippen molar-refractivity contribution in [1.82, 2.24) is 10.0 Å². The molecule has 2 atom stereocenters. The molecular formula is C15H22N2O2S. The third-order valence-corrected chi connectivity index (χ3v) is 5.91. The second-order valence-electron chi connectivity index (χ2n) is 6.17. The van der Waals surface area contributed by atoms with Crippen LogP contribution < -0.4 is 10.0 Å². The van der Waals surface area contributed by atoms with Gasteiger partial charge in [0.05, 0.1) is 4.90 Å². The summed E-state index contributed by atoms with van der Waals surface area (Å²) >= 11 is 0. The summed E-state index contributed by atoms with van der Waals surface area (Å²) in [6.07, 6.45) is 3.49. The fourth-order valence-corrected chi connectivity index (χ4v) is 4.43. The molecule has 1 aromatic carbocycles. The van der Waals surface area contributed by atoms with Gasteiger partial charge in [0.15, 0.2) is 0 Å². The summed E-state index contributed by atoms with van der Waals surface area (Å²) in [7, 11) is -3.36. The lowest BCUT2D eigenvalue weighted by Gasteiger charge is -2.12. The Morgan fingerprint density at radius 1 is 1.25 bits per heavy atom. The highest BCUT2D eigenvalue weighted by molar-refractivity contribution is 7.89. The van der Waals surface area contributed by atoms with Crippen LogP contribution in [0, 0.1) is 11.8 Å². The van der Waals surface area contributed by atoms with Gasteiger partial charge in [-0.3, -0.25) is 0 Å². The molecule has 1 fully saturated rings. The van der Waals surface area contributed by atoms with E-state index in [2.05, 4.69) is 17.0 Å². The zero-order valence-electron chi connectivity index (χ0n) is 11.9. The molecule has 0 spiro atoms. The van der Waals surface area contributed by atoms with E-state index in [1.54, 1.807) is 12.1 Å². The lowest BCUT2D eigenvalue weighted by molar-refractivity contribution is 0.498. The molecular weight excluding hydrogens is 272 g/mol. The summed E-state index contributed by atoms with van der Waals surface area (Å²) in [6, 6.07) is 5.43. The van der Waals surface area contributed by atoms with Crippen molar-refractivity contribution in [1.29, 1.82) is 0 Å². The largest absolute Gasteiger partial charge is 0.309 e. The molecule has 0 bridgehead atoms. The smallest absolute Gasteiger partial charge is 0.240 e. The Kier molecular flexibility index (Phi) is 3.84. The lowest BCUT2D eigenvalue weighted by Crippen LogP contribution is -2.28. The van der Waals surface area contributed by atoms with E-state index in [0.29, 0.717) is 17.4 Å². The van der Waals surface area contributed by atoms with Crippen LogP contribution in [0.4, 0.5) is 0 Å². The van der Waals surface area contributed by atoms with Gasteiger partial charge in [0, 0.05) is 19.6 Å². The quantitative estimate of drug-likeness (QED) is 0.893. The van der Waals surface area contributed by atoms with Crippen LogP contribution in [0.3, 0.4) is 0 Å². The van der Waals surface area contributed by atoms with E-state index in [-0.39, 0.29) is 0 Å². The minimum atomic E-state index is -3.36. The molecule has 1 aliphatic heterocycles. The number of sulfonamides is 1. The van der Waals surface area contributed by atoms with Gasteiger partial charge < -0.3 is 5.32 Å². The van der Waals surface area contributed by atoms with Crippen molar-refractivity contribution in [2.45, 2.75) is 44.2 Å². The second kappa shape index (κ2) is 5.47. The highest BCUT2D eigenvalue weighted by Gasteiger charge is 2.24. The summed E-state index contributed by atoms with van der Waals surface area (Å²) in [5, 5.41) is 3.23. The molecule has 3 rings (SSSR count). The van der Waals surface area contributed by atoms with Crippen LogP contribution >= 0.6 is 0 Å². The van der Waals surface area contributed by atoms with Gasteiger partial charge >= 0.3 is 0 Å². The van der Waals surface area contributed by atoms with Crippen molar-refractivity contribution in [3.8, 4) is 0 Å². The number of nitrogens with one attached hydrogen (secondary N) is 2. The molecule has 2 N–H and O–H groups in total. The van der Waals surface area contributed by atoms with Crippen molar-refractivity contribution >= 4 is 10.0 Å². The maximum atomic E-state index is 12.3. The summed E-state index contributed by atoms with van der Waals surface area (Å²) < 4.78 is 27.5. The van der Waals surface area contributed by atoms with Gasteiger partial charge in [-0.1, -0.05) is 19.4 Å². The van der Waals surface area contributed by atoms with Crippen LogP contribution in [0.15, 0.2) is 23.1 Å². The van der Waals surface area contributed by atoms with Crippen LogP contribution in [0.2, 0.25) is 0 Å². The van der Waals surface area contributed by atoms with E-state index in [9.17, 15) is 8.42 Å². The third kappa shape index (κ3) is 2.90. The molecule has 1 aliphatic carbocycles. The number of rotatable bonds is 4. The molecule has 5 heteroatoms. The number of hydrogen-bond acceptors (Lipinski definition) is 3. The number of fused-ring (bicyclic) bond motifs is 1. The Morgan fingerprint density at radius 3 is 2.80 bits per heavy atom. The first kappa shape index (κ1) is 14.0. The van der Waals surface area contributed by atoms with E-state index in [1.807, 2.05) is 6.07 Å². The van der Waals surface area contributed by atoms with E-state index in [0.717, 1.165) is 37.4 Å². The minimum absolute atomic E-state index is 0.394. The predicted octanol–water partition coefficient (Wildman–Crippen LogP) is 2.00. The van der Waals surface area contributed by atoms with Crippen LogP contribution in [0.25, 0.3) is 0 Å². The first-order valence-electron chi connectivity index (χ1n) is 7.37. The molecule has 1 aromatic rings. The summed E-state index contributed by atoms with van der Waals surface area (Å²) in [5.41, 5.74) is 2.30. The van der Waals surface area contributed by atoms with Gasteiger partial charge in [0.2, 0.25) is 10.0 Å². The lowest BCUT2D eigenvalue weighted by atomic mass is 10.1. The summed E-state index contributed by atoms with van der Waals surface area (Å²) in [4.78, 5) is 0.394. The number of benzene rings is 1. The van der Waals surface area contributed by atoms with Crippen LogP contribution in [-0.2, 0) is 23.1 Å². The summed E-state index contributed by atoms with van der Waals surface area (Å²) in [6.45, 7) is 4.41. The molecule has 20 heavy (non-hydrogen) atoms. The van der Waals surface area contributed by atoms with Gasteiger partial charge in [0.1, 0.15) is 0 Å². The third-order valence-electron chi connectivity index (χ3n) is 4.48. The van der Waals surface area contributed by atoms with Crippen LogP contribution in [-0.4, -0.2) is 15.0 Å². The van der Waals surface area contributed by atoms with Gasteiger partial charge in [-0.15, -0.1) is 0 Å². The molecule has 4 nitrogen and oxygen atoms in total. The Hall–Kier alpha value is -0.910. The highest BCUT2D eigenvalue weighted by Crippen LogP contribution is 2.30. The molecule has 0 saturated heterocycles. The fraction of sp³-hybridized carbons (Fsp3) is 0.600. The number of hydrogen-bond donors (Lipinski definition) is 2. The highest BCUT2D eigenvalue weighted by atomic mass is 32.2. The van der Waals surface area contributed by atoms with Crippen LogP contribution in [0.5, 0.6) is 0 Å². The minimum Gasteiger partial charge on any atom is -0.309 e. The van der Waals surface area contributed by atoms with Crippen molar-refractivity contribution < 1.29 is 8.42 Å². The van der Waals surface area contributed by atoms with Crippen molar-refractivity contribution in [2.24, 2.45) is 11.8 Å². The first-order chi connectivity index (χ1) is 9.54. The monoisotopic (exact) mass is 294 g/mol. The zero-order chi connectivity index (χ0) is 14.2. The molecule has 110 valence electrons. The van der Waals surface area contributed by atoms with E-state index in [4.69, 9.17) is 0 Å². The van der Waals surface area contributed by atoms with Crippen LogP contribution in [0.1, 0.15) is 37.3 Å². The normalized spacial score (nSPS) is 25.9. The van der Waals surface area contributed by atoms with E-state index in [1.165, 1.54) is 12.0 Å². The SMILES string of the molecule is CC1CCC(CNS(=O)(=O)c2ccc3c(c2)CNC3)C1. The van der Waals surface area contributed by atoms with Crippen molar-refractivity contribution in [3.63, 3.8) is 0 Å². The zero-order valence-corrected chi connectivity index (χ0v) is 12.7. The van der Waals surface area contributed by atoms with Gasteiger partial charge in [0.25, 0.3) is 0 Å². The average molecular weight is 294 g/mol. The van der Waals surface area contributed by atoms with Gasteiger partial charge in [-0.2, -0.15) is 0 Å². The fourth-order valence-electron chi connectivity index (χ4n) is 3.26. The van der Waals surface area contributed by atoms with E-state index < -0.39 is 10.0 Å². The second-order valence-corrected chi connectivity index (χ2v) is 7.94. The average Bonchev–Trinajstić information content (AvgIpc) is 3.04. The van der Waals surface area contributed by atoms with E-state index >= 15 is 0 Å². The predicted molar refractivity (Wildman–Crippen MR) is 78.7 cm³/mol. The Morgan fingerprint density at radius 2 is 2.05 bits per heavy atom. The molecule has 0 amide bonds. The van der Waals surface area contributed by atoms with Crippen molar-refractivity contribution in [3.05, 3.63) is 29.3 Å². The Labute approximate surface area is 121 Å². The molecule has 1 saturated carbocycles. The Bertz CT molecular complexity index is 598. The molecule has 0 radical (unpaired) electrons. The maximum Gasteiger partial charge on any atom is 0.240 e. The summed E-state index contributed by atoms with van der Waals surface area (Å²) in [5.74, 6) is 1.23. The van der Waals surface area contributed by atoms with Gasteiger partial charge in [-0.25, -0.2) is 13.1 Å². The first-order valence-corrected chi connectivity index (χ1v) is 8.85.